The third kappa shape index (κ3) is 4.43. The van der Waals surface area contributed by atoms with Crippen LogP contribution in [-0.2, 0) is 14.6 Å². The maximum atomic E-state index is 13.5. The quantitative estimate of drug-likeness (QED) is 0.378. The number of hydrogen-bond donors (Lipinski definition) is 2. The third-order valence-corrected chi connectivity index (χ3v) is 9.12. The molecule has 0 unspecified atom stereocenters. The van der Waals surface area contributed by atoms with Crippen molar-refractivity contribution in [3.8, 4) is 0 Å². The summed E-state index contributed by atoms with van der Waals surface area (Å²) in [4.78, 5) is 33.1. The Labute approximate surface area is 220 Å². The van der Waals surface area contributed by atoms with E-state index in [1.54, 1.807) is 31.2 Å². The topological polar surface area (TPSA) is 147 Å². The lowest BCUT2D eigenvalue weighted by Crippen LogP contribution is -2.55. The summed E-state index contributed by atoms with van der Waals surface area (Å²) >= 11 is 0. The highest BCUT2D eigenvalue weighted by Gasteiger charge is 2.32. The maximum Gasteiger partial charge on any atom is 0.281 e. The summed E-state index contributed by atoms with van der Waals surface area (Å²) in [5.74, 6) is -0.325. The number of carbonyl (C=O) groups is 1. The molecule has 0 saturated carbocycles. The number of nitrogens with two attached hydrogens (primary N) is 1. The van der Waals surface area contributed by atoms with Crippen molar-refractivity contribution in [3.63, 3.8) is 0 Å². The molecule has 38 heavy (non-hydrogen) atoms. The Hall–Kier alpha value is -3.77. The molecule has 1 aliphatic rings. The first-order valence-corrected chi connectivity index (χ1v) is 13.9. The van der Waals surface area contributed by atoms with E-state index in [0.29, 0.717) is 29.6 Å². The number of hydrogen-bond acceptors (Lipinski definition) is 8. The van der Waals surface area contributed by atoms with Crippen LogP contribution >= 0.6 is 0 Å². The van der Waals surface area contributed by atoms with Crippen molar-refractivity contribution in [2.75, 3.05) is 31.1 Å². The number of amides is 1. The van der Waals surface area contributed by atoms with Crippen molar-refractivity contribution < 1.29 is 13.2 Å². The molecule has 0 aliphatic carbocycles. The minimum Gasteiger partial charge on any atom is -0.370 e. The smallest absolute Gasteiger partial charge is 0.281 e. The predicted molar refractivity (Wildman–Crippen MR) is 144 cm³/mol. The lowest BCUT2D eigenvalue weighted by molar-refractivity contribution is -0.120. The first kappa shape index (κ1) is 25.9. The van der Waals surface area contributed by atoms with Crippen LogP contribution in [0.2, 0.25) is 0 Å². The summed E-state index contributed by atoms with van der Waals surface area (Å²) in [5.41, 5.74) is 7.44. The largest absolute Gasteiger partial charge is 0.370 e. The van der Waals surface area contributed by atoms with E-state index in [2.05, 4.69) is 25.1 Å². The van der Waals surface area contributed by atoms with Gasteiger partial charge in [-0.25, -0.2) is 18.1 Å². The molecule has 1 aliphatic heterocycles. The molecule has 3 N–H and O–H groups in total. The van der Waals surface area contributed by atoms with Gasteiger partial charge in [0, 0.05) is 43.8 Å². The first-order chi connectivity index (χ1) is 17.9. The Morgan fingerprint density at radius 1 is 1.08 bits per heavy atom. The van der Waals surface area contributed by atoms with Crippen molar-refractivity contribution in [2.45, 2.75) is 49.6 Å². The molecule has 2 aromatic carbocycles. The van der Waals surface area contributed by atoms with Crippen LogP contribution in [0.1, 0.15) is 31.4 Å². The van der Waals surface area contributed by atoms with E-state index in [9.17, 15) is 18.0 Å². The number of carbonyl (C=O) groups excluding carboxylic acids is 1. The average molecular weight is 538 g/mol. The Balaban J connectivity index is 1.52. The molecule has 0 atom stereocenters. The van der Waals surface area contributed by atoms with Crippen LogP contribution in [0.25, 0.3) is 16.6 Å². The number of aromatic nitrogens is 4. The van der Waals surface area contributed by atoms with Gasteiger partial charge in [-0.2, -0.15) is 4.98 Å². The Morgan fingerprint density at radius 2 is 1.79 bits per heavy atom. The number of benzene rings is 2. The minimum atomic E-state index is -4.03. The van der Waals surface area contributed by atoms with Gasteiger partial charge in [0.15, 0.2) is 5.65 Å². The number of aromatic amines is 1. The fraction of sp³-hybridized carbons (Fsp3) is 0.385. The fourth-order valence-electron chi connectivity index (χ4n) is 5.29. The molecular weight excluding hydrogens is 506 g/mol. The van der Waals surface area contributed by atoms with Crippen LogP contribution in [0.15, 0.2) is 51.1 Å². The number of sulfone groups is 1. The molecular formula is C26H31N7O4S. The van der Waals surface area contributed by atoms with Gasteiger partial charge in [0.1, 0.15) is 0 Å². The molecule has 12 heteroatoms. The molecule has 5 rings (SSSR count). The van der Waals surface area contributed by atoms with Crippen molar-refractivity contribution in [2.24, 2.45) is 5.73 Å². The van der Waals surface area contributed by atoms with E-state index >= 15 is 0 Å². The predicted octanol–water partition coefficient (Wildman–Crippen LogP) is 1.80. The number of fused-ring (bicyclic) bond motifs is 3. The molecule has 4 aromatic rings. The zero-order valence-corrected chi connectivity index (χ0v) is 22.7. The number of nitrogens with one attached hydrogen (secondary N) is 1. The van der Waals surface area contributed by atoms with Crippen molar-refractivity contribution in [3.05, 3.63) is 57.9 Å². The summed E-state index contributed by atoms with van der Waals surface area (Å²) in [6.45, 7) is 10.6. The normalized spacial score (nSPS) is 15.4. The summed E-state index contributed by atoms with van der Waals surface area (Å²) < 4.78 is 28.5. The third-order valence-electron chi connectivity index (χ3n) is 7.30. The van der Waals surface area contributed by atoms with Gasteiger partial charge in [-0.15, -0.1) is 5.10 Å². The van der Waals surface area contributed by atoms with Crippen LogP contribution in [0.4, 0.5) is 5.69 Å². The number of piperazine rings is 1. The number of nitrogens with zero attached hydrogens (tertiary/aromatic N) is 5. The fourth-order valence-corrected chi connectivity index (χ4v) is 6.76. The standard InChI is InChI=1S/C26H31N7O4S/c1-16-5-8-21(17(2)13-16)38(36,37)25-23-28-24(35)19-7-6-18(14-20(19)33(23)30-29-25)31-9-11-32(12-10-31)26(3,4)15-22(27)34/h5-8,13-14,30H,9-12,15H2,1-4H3,(H2,27,34). The second-order valence-corrected chi connectivity index (χ2v) is 12.3. The second kappa shape index (κ2) is 9.21. The van der Waals surface area contributed by atoms with Gasteiger partial charge in [-0.05, 0) is 57.5 Å². The van der Waals surface area contributed by atoms with E-state index in [0.717, 1.165) is 24.3 Å². The van der Waals surface area contributed by atoms with Gasteiger partial charge >= 0.3 is 0 Å². The highest BCUT2D eigenvalue weighted by Crippen LogP contribution is 2.28. The summed E-state index contributed by atoms with van der Waals surface area (Å²) in [6.07, 6.45) is 0.282. The van der Waals surface area contributed by atoms with Crippen LogP contribution < -0.4 is 16.2 Å². The SMILES string of the molecule is Cc1ccc(S(=O)(=O)c2n[nH]n3c2nc(=O)c2ccc(N4CCN(C(C)(C)CC(N)=O)CC4)cc23)c(C)c1. The van der Waals surface area contributed by atoms with E-state index in [1.165, 1.54) is 4.52 Å². The van der Waals surface area contributed by atoms with E-state index in [1.807, 2.05) is 32.9 Å². The van der Waals surface area contributed by atoms with Gasteiger partial charge in [-0.3, -0.25) is 14.5 Å². The maximum absolute atomic E-state index is 13.5. The molecule has 200 valence electrons. The Kier molecular flexibility index (Phi) is 6.27. The highest BCUT2D eigenvalue weighted by molar-refractivity contribution is 7.91. The van der Waals surface area contributed by atoms with Gasteiger partial charge in [0.05, 0.1) is 15.8 Å². The van der Waals surface area contributed by atoms with Crippen molar-refractivity contribution in [1.82, 2.24) is 24.7 Å². The summed E-state index contributed by atoms with van der Waals surface area (Å²) in [6, 6.07) is 10.5. The molecule has 0 bridgehead atoms. The molecule has 2 aromatic heterocycles. The average Bonchev–Trinajstić information content (AvgIpc) is 3.28. The van der Waals surface area contributed by atoms with Gasteiger partial charge in [0.25, 0.3) is 5.56 Å². The molecule has 0 radical (unpaired) electrons. The molecule has 0 spiro atoms. The molecule has 1 fully saturated rings. The Morgan fingerprint density at radius 3 is 2.45 bits per heavy atom. The minimum absolute atomic E-state index is 0.0438. The van der Waals surface area contributed by atoms with Crippen LogP contribution in [-0.4, -0.2) is 70.8 Å². The number of aryl methyl sites for hydroxylation is 2. The van der Waals surface area contributed by atoms with Gasteiger partial charge in [0.2, 0.25) is 20.8 Å². The molecule has 1 amide bonds. The van der Waals surface area contributed by atoms with Crippen molar-refractivity contribution >= 4 is 38.0 Å². The number of anilines is 1. The van der Waals surface area contributed by atoms with E-state index in [-0.39, 0.29) is 33.4 Å². The first-order valence-electron chi connectivity index (χ1n) is 12.4. The highest BCUT2D eigenvalue weighted by atomic mass is 32.2. The summed E-state index contributed by atoms with van der Waals surface area (Å²) in [5, 5.41) is 6.91. The molecule has 11 nitrogen and oxygen atoms in total. The number of H-pyrrole nitrogens is 1. The Bertz CT molecular complexity index is 1730. The monoisotopic (exact) mass is 537 g/mol. The summed E-state index contributed by atoms with van der Waals surface area (Å²) in [7, 11) is -4.03. The number of rotatable bonds is 6. The zero-order valence-electron chi connectivity index (χ0n) is 21.9. The van der Waals surface area contributed by atoms with Crippen LogP contribution in [0, 0.1) is 13.8 Å². The molecule has 1 saturated heterocycles. The van der Waals surface area contributed by atoms with E-state index < -0.39 is 15.4 Å². The van der Waals surface area contributed by atoms with Crippen LogP contribution in [0.3, 0.4) is 0 Å². The van der Waals surface area contributed by atoms with Gasteiger partial charge < -0.3 is 10.6 Å². The lowest BCUT2D eigenvalue weighted by atomic mass is 9.96. The zero-order chi connectivity index (χ0) is 27.4. The second-order valence-electron chi connectivity index (χ2n) is 10.5. The number of primary amides is 1. The lowest BCUT2D eigenvalue weighted by Gasteiger charge is -2.44. The molecule has 3 heterocycles. The van der Waals surface area contributed by atoms with Gasteiger partial charge in [-0.1, -0.05) is 17.7 Å². The van der Waals surface area contributed by atoms with Crippen LogP contribution in [0.5, 0.6) is 0 Å². The van der Waals surface area contributed by atoms with E-state index in [4.69, 9.17) is 5.73 Å². The van der Waals surface area contributed by atoms with Crippen molar-refractivity contribution in [1.29, 1.82) is 0 Å².